The molecule has 4 nitrogen and oxygen atoms in total. The Kier molecular flexibility index (Phi) is 2.71. The van der Waals surface area contributed by atoms with E-state index in [0.717, 1.165) is 0 Å². The van der Waals surface area contributed by atoms with Gasteiger partial charge in [-0.2, -0.15) is 5.26 Å². The molecule has 0 aromatic heterocycles. The van der Waals surface area contributed by atoms with Gasteiger partial charge in [0.1, 0.15) is 10.0 Å². The lowest BCUT2D eigenvalue weighted by Crippen LogP contribution is -1.91. The molecule has 0 bridgehead atoms. The molecule has 6 heteroatoms. The van der Waals surface area contributed by atoms with Gasteiger partial charge in [0.25, 0.3) is 0 Å². The molecule has 0 heterocycles. The molecule has 0 N–H and O–H groups in total. The zero-order valence-electron chi connectivity index (χ0n) is 6.12. The van der Waals surface area contributed by atoms with E-state index in [1.54, 1.807) is 6.07 Å². The van der Waals surface area contributed by atoms with Gasteiger partial charge in [-0.1, -0.05) is 23.2 Å². The van der Waals surface area contributed by atoms with E-state index in [2.05, 4.69) is 0 Å². The van der Waals surface area contributed by atoms with E-state index in [-0.39, 0.29) is 21.3 Å². The molecule has 0 aliphatic rings. The maximum Gasteiger partial charge on any atom is 0.306 e. The summed E-state index contributed by atoms with van der Waals surface area (Å²) >= 11 is 11.1. The third kappa shape index (κ3) is 1.89. The van der Waals surface area contributed by atoms with Crippen molar-refractivity contribution in [1.82, 2.24) is 0 Å². The molecule has 1 rings (SSSR count). The van der Waals surface area contributed by atoms with Gasteiger partial charge < -0.3 is 0 Å². The molecule has 0 aliphatic carbocycles. The second-order valence-corrected chi connectivity index (χ2v) is 2.97. The molecule has 0 amide bonds. The standard InChI is InChI=1S/C7H2Cl2N2O2/c8-5-1-4(3-10)2-6(9)7(5)11(12)13/h1-2H. The smallest absolute Gasteiger partial charge is 0.258 e. The highest BCUT2D eigenvalue weighted by atomic mass is 35.5. The van der Waals surface area contributed by atoms with Crippen molar-refractivity contribution >= 4 is 28.9 Å². The average Bonchev–Trinajstić information content (AvgIpc) is 2.02. The SMILES string of the molecule is N#Cc1cc(Cl)c([N+](=O)[O-])c(Cl)c1. The average molecular weight is 217 g/mol. The Morgan fingerprint density at radius 2 is 1.85 bits per heavy atom. The number of hydrogen-bond donors (Lipinski definition) is 0. The molecular weight excluding hydrogens is 215 g/mol. The van der Waals surface area contributed by atoms with E-state index < -0.39 is 4.92 Å². The monoisotopic (exact) mass is 216 g/mol. The number of nitriles is 1. The Morgan fingerprint density at radius 1 is 1.38 bits per heavy atom. The van der Waals surface area contributed by atoms with Crippen LogP contribution in [-0.4, -0.2) is 4.92 Å². The summed E-state index contributed by atoms with van der Waals surface area (Å²) in [7, 11) is 0. The molecule has 0 spiro atoms. The van der Waals surface area contributed by atoms with Crippen molar-refractivity contribution in [3.63, 3.8) is 0 Å². The number of benzene rings is 1. The van der Waals surface area contributed by atoms with Gasteiger partial charge >= 0.3 is 5.69 Å². The number of nitrogens with zero attached hydrogens (tertiary/aromatic N) is 2. The highest BCUT2D eigenvalue weighted by molar-refractivity contribution is 6.38. The van der Waals surface area contributed by atoms with E-state index in [1.165, 1.54) is 12.1 Å². The van der Waals surface area contributed by atoms with Crippen molar-refractivity contribution in [2.75, 3.05) is 0 Å². The topological polar surface area (TPSA) is 66.9 Å². The lowest BCUT2D eigenvalue weighted by atomic mass is 10.2. The molecule has 0 unspecified atom stereocenters. The largest absolute Gasteiger partial charge is 0.306 e. The van der Waals surface area contributed by atoms with Gasteiger partial charge in [-0.15, -0.1) is 0 Å². The van der Waals surface area contributed by atoms with Crippen LogP contribution in [0.4, 0.5) is 5.69 Å². The van der Waals surface area contributed by atoms with Crippen LogP contribution in [0.3, 0.4) is 0 Å². The fraction of sp³-hybridized carbons (Fsp3) is 0. The Hall–Kier alpha value is -1.31. The normalized spacial score (nSPS) is 9.31. The van der Waals surface area contributed by atoms with Crippen LogP contribution in [0.1, 0.15) is 5.56 Å². The summed E-state index contributed by atoms with van der Waals surface area (Å²) in [4.78, 5) is 9.71. The Bertz CT molecular complexity index is 388. The van der Waals surface area contributed by atoms with E-state index in [1.807, 2.05) is 0 Å². The minimum atomic E-state index is -0.689. The van der Waals surface area contributed by atoms with Crippen molar-refractivity contribution < 1.29 is 4.92 Å². The molecule has 1 aromatic carbocycles. The Morgan fingerprint density at radius 3 is 2.15 bits per heavy atom. The van der Waals surface area contributed by atoms with Gasteiger partial charge in [-0.3, -0.25) is 10.1 Å². The predicted octanol–water partition coefficient (Wildman–Crippen LogP) is 2.77. The maximum atomic E-state index is 10.4. The van der Waals surface area contributed by atoms with Crippen LogP contribution < -0.4 is 0 Å². The van der Waals surface area contributed by atoms with Gasteiger partial charge in [-0.25, -0.2) is 0 Å². The summed E-state index contributed by atoms with van der Waals surface area (Å²) in [5.74, 6) is 0. The lowest BCUT2D eigenvalue weighted by molar-refractivity contribution is -0.384. The van der Waals surface area contributed by atoms with Gasteiger partial charge in [0.05, 0.1) is 16.6 Å². The van der Waals surface area contributed by atoms with Crippen LogP contribution in [0.5, 0.6) is 0 Å². The van der Waals surface area contributed by atoms with Crippen molar-refractivity contribution in [1.29, 1.82) is 5.26 Å². The second kappa shape index (κ2) is 3.60. The highest BCUT2D eigenvalue weighted by Gasteiger charge is 2.18. The van der Waals surface area contributed by atoms with Gasteiger partial charge in [0.15, 0.2) is 0 Å². The van der Waals surface area contributed by atoms with Crippen LogP contribution in [0.15, 0.2) is 12.1 Å². The number of hydrogen-bond acceptors (Lipinski definition) is 3. The van der Waals surface area contributed by atoms with Crippen molar-refractivity contribution in [2.45, 2.75) is 0 Å². The third-order valence-corrected chi connectivity index (χ3v) is 1.90. The Balaban J connectivity index is 3.42. The Labute approximate surface area is 83.4 Å². The number of rotatable bonds is 1. The molecule has 0 saturated carbocycles. The number of halogens is 2. The summed E-state index contributed by atoms with van der Waals surface area (Å²) in [6, 6.07) is 4.18. The number of nitro groups is 1. The van der Waals surface area contributed by atoms with E-state index >= 15 is 0 Å². The van der Waals surface area contributed by atoms with E-state index in [9.17, 15) is 10.1 Å². The van der Waals surface area contributed by atoms with Crippen LogP contribution >= 0.6 is 23.2 Å². The first-order chi connectivity index (χ1) is 6.06. The first kappa shape index (κ1) is 9.78. The summed E-state index contributed by atoms with van der Waals surface area (Å²) < 4.78 is 0. The first-order valence-corrected chi connectivity index (χ1v) is 3.85. The zero-order chi connectivity index (χ0) is 10.0. The maximum absolute atomic E-state index is 10.4. The van der Waals surface area contributed by atoms with Crippen LogP contribution in [-0.2, 0) is 0 Å². The predicted molar refractivity (Wildman–Crippen MR) is 47.8 cm³/mol. The summed E-state index contributed by atoms with van der Waals surface area (Å²) in [5.41, 5.74) is -0.178. The van der Waals surface area contributed by atoms with Crippen molar-refractivity contribution in [2.24, 2.45) is 0 Å². The quantitative estimate of drug-likeness (QED) is 0.536. The van der Waals surface area contributed by atoms with Crippen molar-refractivity contribution in [3.05, 3.63) is 37.9 Å². The second-order valence-electron chi connectivity index (χ2n) is 2.16. The zero-order valence-corrected chi connectivity index (χ0v) is 7.63. The summed E-state index contributed by atoms with van der Waals surface area (Å²) in [6.07, 6.45) is 0. The van der Waals surface area contributed by atoms with Gasteiger partial charge in [-0.05, 0) is 12.1 Å². The van der Waals surface area contributed by atoms with Gasteiger partial charge in [0, 0.05) is 0 Å². The highest BCUT2D eigenvalue weighted by Crippen LogP contribution is 2.33. The third-order valence-electron chi connectivity index (χ3n) is 1.33. The van der Waals surface area contributed by atoms with Crippen LogP contribution in [0.2, 0.25) is 10.0 Å². The molecular formula is C7H2Cl2N2O2. The first-order valence-electron chi connectivity index (χ1n) is 3.10. The number of nitro benzene ring substituents is 1. The molecule has 0 aliphatic heterocycles. The molecule has 0 saturated heterocycles. The summed E-state index contributed by atoms with van der Waals surface area (Å²) in [5, 5.41) is 18.6. The summed E-state index contributed by atoms with van der Waals surface area (Å²) in [6.45, 7) is 0. The minimum absolute atomic E-state index is 0.131. The van der Waals surface area contributed by atoms with Gasteiger partial charge in [0.2, 0.25) is 0 Å². The molecule has 0 fully saturated rings. The fourth-order valence-electron chi connectivity index (χ4n) is 0.804. The molecule has 0 radical (unpaired) electrons. The van der Waals surface area contributed by atoms with Crippen molar-refractivity contribution in [3.8, 4) is 6.07 Å². The lowest BCUT2D eigenvalue weighted by Gasteiger charge is -1.97. The van der Waals surface area contributed by atoms with E-state index in [0.29, 0.717) is 0 Å². The van der Waals surface area contributed by atoms with Crippen LogP contribution in [0.25, 0.3) is 0 Å². The molecule has 0 atom stereocenters. The molecule has 1 aromatic rings. The fourth-order valence-corrected chi connectivity index (χ4v) is 1.43. The minimum Gasteiger partial charge on any atom is -0.258 e. The molecule has 66 valence electrons. The molecule has 13 heavy (non-hydrogen) atoms. The van der Waals surface area contributed by atoms with Crippen LogP contribution in [0, 0.1) is 21.4 Å². The van der Waals surface area contributed by atoms with E-state index in [4.69, 9.17) is 28.5 Å².